The van der Waals surface area contributed by atoms with Gasteiger partial charge in [0.1, 0.15) is 6.04 Å². The topological polar surface area (TPSA) is 92.7 Å². The number of carboxylic acids is 1. The van der Waals surface area contributed by atoms with Gasteiger partial charge in [0.2, 0.25) is 5.91 Å². The Kier molecular flexibility index (Phi) is 5.07. The molecule has 1 heterocycles. The molecule has 1 fully saturated rings. The number of carbonyl (C=O) groups is 2. The van der Waals surface area contributed by atoms with Gasteiger partial charge in [0.15, 0.2) is 0 Å². The van der Waals surface area contributed by atoms with Crippen molar-refractivity contribution in [3.8, 4) is 0 Å². The zero-order valence-corrected chi connectivity index (χ0v) is 10.7. The largest absolute Gasteiger partial charge is 0.480 e. The average Bonchev–Trinajstić information content (AvgIpc) is 2.62. The van der Waals surface area contributed by atoms with Crippen molar-refractivity contribution in [2.75, 3.05) is 12.4 Å². The highest BCUT2D eigenvalue weighted by atomic mass is 32.2. The molecule has 1 amide bonds. The smallest absolute Gasteiger partial charge is 0.327 e. The first kappa shape index (κ1) is 14.1. The van der Waals surface area contributed by atoms with E-state index in [9.17, 15) is 13.8 Å². The lowest BCUT2D eigenvalue weighted by atomic mass is 10.3. The summed E-state index contributed by atoms with van der Waals surface area (Å²) < 4.78 is 17.3. The fraction of sp³-hybridized carbons (Fsp3) is 0.800. The van der Waals surface area contributed by atoms with E-state index in [1.165, 1.54) is 6.92 Å². The van der Waals surface area contributed by atoms with Crippen molar-refractivity contribution in [3.63, 3.8) is 0 Å². The number of rotatable bonds is 5. The van der Waals surface area contributed by atoms with Gasteiger partial charge in [-0.15, -0.1) is 0 Å². The standard InChI is InChI=1S/C10H17NO5S/c1-6-9(3-4-16-6)17(15)5-8(10(13)14)11-7(2)12/h6,8-9H,3-5H2,1-2H3,(H,11,12)(H,13,14). The number of ether oxygens (including phenoxy) is 1. The SMILES string of the molecule is CC(=O)NC(CS(=O)C1CCOC1C)C(=O)O. The van der Waals surface area contributed by atoms with E-state index in [0.29, 0.717) is 13.0 Å². The predicted molar refractivity (Wildman–Crippen MR) is 62.1 cm³/mol. The third-order valence-electron chi connectivity index (χ3n) is 2.65. The number of amides is 1. The zero-order chi connectivity index (χ0) is 13.0. The molecule has 0 aromatic rings. The number of aliphatic carboxylic acids is 1. The maximum atomic E-state index is 12.0. The van der Waals surface area contributed by atoms with Crippen LogP contribution in [0, 0.1) is 0 Å². The molecule has 1 rings (SSSR count). The van der Waals surface area contributed by atoms with E-state index in [-0.39, 0.29) is 17.1 Å². The minimum absolute atomic E-state index is 0.0761. The summed E-state index contributed by atoms with van der Waals surface area (Å²) in [7, 11) is -1.31. The van der Waals surface area contributed by atoms with Crippen molar-refractivity contribution in [2.45, 2.75) is 37.7 Å². The van der Waals surface area contributed by atoms with Crippen LogP contribution >= 0.6 is 0 Å². The molecule has 0 aromatic carbocycles. The lowest BCUT2D eigenvalue weighted by molar-refractivity contribution is -0.140. The van der Waals surface area contributed by atoms with E-state index in [0.717, 1.165) is 0 Å². The molecule has 0 bridgehead atoms. The Hall–Kier alpha value is -0.950. The summed E-state index contributed by atoms with van der Waals surface area (Å²) in [6, 6.07) is -1.10. The monoisotopic (exact) mass is 263 g/mol. The van der Waals surface area contributed by atoms with Crippen LogP contribution in [0.1, 0.15) is 20.3 Å². The van der Waals surface area contributed by atoms with Crippen molar-refractivity contribution in [2.24, 2.45) is 0 Å². The van der Waals surface area contributed by atoms with Crippen molar-refractivity contribution in [1.82, 2.24) is 5.32 Å². The second-order valence-corrected chi connectivity index (χ2v) is 5.74. The zero-order valence-electron chi connectivity index (χ0n) is 9.84. The lowest BCUT2D eigenvalue weighted by Gasteiger charge is -2.17. The summed E-state index contributed by atoms with van der Waals surface area (Å²) in [6.07, 6.45) is 0.544. The Labute approximate surface area is 102 Å². The maximum Gasteiger partial charge on any atom is 0.327 e. The molecule has 0 saturated carbocycles. The summed E-state index contributed by atoms with van der Waals surface area (Å²) in [6.45, 7) is 3.61. The summed E-state index contributed by atoms with van der Waals surface area (Å²) >= 11 is 0. The van der Waals surface area contributed by atoms with Crippen molar-refractivity contribution < 1.29 is 23.6 Å². The molecule has 0 spiro atoms. The van der Waals surface area contributed by atoms with E-state index in [1.54, 1.807) is 0 Å². The number of hydrogen-bond donors (Lipinski definition) is 2. The summed E-state index contributed by atoms with van der Waals surface area (Å²) in [5, 5.41) is 11.0. The molecule has 0 aromatic heterocycles. The summed E-state index contributed by atoms with van der Waals surface area (Å²) in [5.41, 5.74) is 0. The highest BCUT2D eigenvalue weighted by Crippen LogP contribution is 2.19. The third kappa shape index (κ3) is 4.08. The molecule has 17 heavy (non-hydrogen) atoms. The van der Waals surface area contributed by atoms with Gasteiger partial charge in [-0.3, -0.25) is 9.00 Å². The molecular formula is C10H17NO5S. The highest BCUT2D eigenvalue weighted by molar-refractivity contribution is 7.85. The highest BCUT2D eigenvalue weighted by Gasteiger charge is 2.32. The second kappa shape index (κ2) is 6.11. The van der Waals surface area contributed by atoms with E-state index in [4.69, 9.17) is 9.84 Å². The minimum atomic E-state index is -1.31. The molecule has 1 aliphatic heterocycles. The fourth-order valence-electron chi connectivity index (χ4n) is 1.77. The van der Waals surface area contributed by atoms with Gasteiger partial charge in [-0.2, -0.15) is 0 Å². The van der Waals surface area contributed by atoms with Crippen molar-refractivity contribution in [3.05, 3.63) is 0 Å². The quantitative estimate of drug-likeness (QED) is 0.697. The molecule has 4 atom stereocenters. The van der Waals surface area contributed by atoms with Crippen LogP contribution in [-0.4, -0.2) is 50.9 Å². The van der Waals surface area contributed by atoms with Gasteiger partial charge < -0.3 is 15.2 Å². The Bertz CT molecular complexity index is 333. The molecular weight excluding hydrogens is 246 g/mol. The van der Waals surface area contributed by atoms with Crippen LogP contribution in [0.4, 0.5) is 0 Å². The van der Waals surface area contributed by atoms with Crippen LogP contribution in [0.15, 0.2) is 0 Å². The van der Waals surface area contributed by atoms with Crippen molar-refractivity contribution in [1.29, 1.82) is 0 Å². The molecule has 6 nitrogen and oxygen atoms in total. The van der Waals surface area contributed by atoms with E-state index >= 15 is 0 Å². The Morgan fingerprint density at radius 3 is 2.65 bits per heavy atom. The summed E-state index contributed by atoms with van der Waals surface area (Å²) in [4.78, 5) is 21.7. The molecule has 98 valence electrons. The minimum Gasteiger partial charge on any atom is -0.480 e. The lowest BCUT2D eigenvalue weighted by Crippen LogP contribution is -2.45. The van der Waals surface area contributed by atoms with Crippen LogP contribution in [-0.2, 0) is 25.1 Å². The van der Waals surface area contributed by atoms with Gasteiger partial charge in [0.25, 0.3) is 0 Å². The van der Waals surface area contributed by atoms with Gasteiger partial charge in [0, 0.05) is 24.3 Å². The van der Waals surface area contributed by atoms with Gasteiger partial charge >= 0.3 is 5.97 Å². The molecule has 0 aliphatic carbocycles. The third-order valence-corrected chi connectivity index (χ3v) is 4.61. The van der Waals surface area contributed by atoms with Crippen LogP contribution in [0.2, 0.25) is 0 Å². The molecule has 0 radical (unpaired) electrons. The molecule has 1 saturated heterocycles. The summed E-state index contributed by atoms with van der Waals surface area (Å²) in [5.74, 6) is -1.68. The van der Waals surface area contributed by atoms with Gasteiger partial charge in [-0.1, -0.05) is 0 Å². The normalized spacial score (nSPS) is 27.4. The van der Waals surface area contributed by atoms with Crippen LogP contribution in [0.5, 0.6) is 0 Å². The van der Waals surface area contributed by atoms with Gasteiger partial charge in [-0.25, -0.2) is 4.79 Å². The van der Waals surface area contributed by atoms with E-state index in [2.05, 4.69) is 5.32 Å². The fourth-order valence-corrected chi connectivity index (χ4v) is 3.43. The van der Waals surface area contributed by atoms with E-state index in [1.807, 2.05) is 6.92 Å². The molecule has 7 heteroatoms. The molecule has 2 N–H and O–H groups in total. The predicted octanol–water partition coefficient (Wildman–Crippen LogP) is -0.498. The average molecular weight is 263 g/mol. The maximum absolute atomic E-state index is 12.0. The number of hydrogen-bond acceptors (Lipinski definition) is 4. The number of carbonyl (C=O) groups excluding carboxylic acids is 1. The van der Waals surface area contributed by atoms with Crippen LogP contribution in [0.3, 0.4) is 0 Å². The van der Waals surface area contributed by atoms with Gasteiger partial charge in [0.05, 0.1) is 17.1 Å². The van der Waals surface area contributed by atoms with Crippen LogP contribution in [0.25, 0.3) is 0 Å². The number of carboxylic acid groups (broad SMARTS) is 1. The second-order valence-electron chi connectivity index (χ2n) is 4.04. The molecule has 1 aliphatic rings. The number of nitrogens with one attached hydrogen (secondary N) is 1. The van der Waals surface area contributed by atoms with Crippen molar-refractivity contribution >= 4 is 22.7 Å². The van der Waals surface area contributed by atoms with E-state index < -0.39 is 28.7 Å². The Balaban J connectivity index is 2.57. The first-order valence-electron chi connectivity index (χ1n) is 5.40. The first-order valence-corrected chi connectivity index (χ1v) is 6.78. The van der Waals surface area contributed by atoms with Gasteiger partial charge in [-0.05, 0) is 13.3 Å². The first-order chi connectivity index (χ1) is 7.91. The Morgan fingerprint density at radius 1 is 1.59 bits per heavy atom. The Morgan fingerprint density at radius 2 is 2.24 bits per heavy atom. The molecule has 4 unspecified atom stereocenters. The van der Waals surface area contributed by atoms with Crippen LogP contribution < -0.4 is 5.32 Å².